The van der Waals surface area contributed by atoms with E-state index >= 15 is 0 Å². The van der Waals surface area contributed by atoms with Crippen LogP contribution in [0.15, 0.2) is 18.2 Å². The molecule has 1 heterocycles. The molecule has 0 amide bonds. The van der Waals surface area contributed by atoms with Gasteiger partial charge in [-0.2, -0.15) is 0 Å². The largest absolute Gasteiger partial charge is 0.385 e. The van der Waals surface area contributed by atoms with Gasteiger partial charge in [-0.25, -0.2) is 8.78 Å². The third kappa shape index (κ3) is 7.22. The predicted octanol–water partition coefficient (Wildman–Crippen LogP) is 6.93. The molecule has 3 fully saturated rings. The Morgan fingerprint density at radius 2 is 1.42 bits per heavy atom. The Morgan fingerprint density at radius 1 is 0.788 bits per heavy atom. The number of hydrogen-bond donors (Lipinski definition) is 0. The molecule has 1 aromatic carbocycles. The van der Waals surface area contributed by atoms with E-state index in [0.717, 1.165) is 68.8 Å². The third-order valence-corrected chi connectivity index (χ3v) is 8.54. The summed E-state index contributed by atoms with van der Waals surface area (Å²) in [6.07, 6.45) is 14.5. The lowest BCUT2D eigenvalue weighted by atomic mass is 9.68. The fourth-order valence-corrected chi connectivity index (χ4v) is 6.42. The molecule has 33 heavy (non-hydrogen) atoms. The SMILES string of the molecule is COCCC[C@H]1CO[C@H]([C@H]2CC[C@H]([C@H]3CC[C@H](CCc4ccc(F)c(F)c4)CC3)CC2)OC1. The molecule has 0 aromatic heterocycles. The number of methoxy groups -OCH3 is 1. The standard InChI is InChI=1S/C28H42F2O3/c1-31-16-2-3-22-18-32-28(33-19-22)25-13-11-24(12-14-25)23-9-6-20(7-10-23)4-5-21-8-15-26(29)27(30)17-21/h8,15,17,20,22-25,28H,2-7,9-14,16,18-19H2,1H3/t20-,22-,23-,24-,25-,28-. The van der Waals surface area contributed by atoms with Crippen LogP contribution in [0, 0.1) is 41.2 Å². The molecular weight excluding hydrogens is 422 g/mol. The molecule has 3 nitrogen and oxygen atoms in total. The molecule has 0 spiro atoms. The van der Waals surface area contributed by atoms with Gasteiger partial charge < -0.3 is 14.2 Å². The van der Waals surface area contributed by atoms with Gasteiger partial charge in [0.1, 0.15) is 0 Å². The van der Waals surface area contributed by atoms with Crippen LogP contribution in [-0.4, -0.2) is 33.2 Å². The number of rotatable bonds is 9. The van der Waals surface area contributed by atoms with Crippen molar-refractivity contribution < 1.29 is 23.0 Å². The number of benzene rings is 1. The lowest BCUT2D eigenvalue weighted by molar-refractivity contribution is -0.230. The zero-order valence-electron chi connectivity index (χ0n) is 20.3. The Balaban J connectivity index is 1.11. The summed E-state index contributed by atoms with van der Waals surface area (Å²) >= 11 is 0. The number of ether oxygens (including phenoxy) is 3. The van der Waals surface area contributed by atoms with Crippen LogP contribution in [0.1, 0.15) is 76.2 Å². The molecule has 1 saturated heterocycles. The van der Waals surface area contributed by atoms with E-state index in [1.54, 1.807) is 13.2 Å². The van der Waals surface area contributed by atoms with Gasteiger partial charge in [-0.15, -0.1) is 0 Å². The Kier molecular flexibility index (Phi) is 9.57. The zero-order chi connectivity index (χ0) is 23.0. The van der Waals surface area contributed by atoms with Gasteiger partial charge in [-0.1, -0.05) is 18.9 Å². The summed E-state index contributed by atoms with van der Waals surface area (Å²) < 4.78 is 43.9. The maximum absolute atomic E-state index is 13.4. The highest BCUT2D eigenvalue weighted by Crippen LogP contribution is 2.43. The maximum Gasteiger partial charge on any atom is 0.160 e. The van der Waals surface area contributed by atoms with Crippen LogP contribution in [0.3, 0.4) is 0 Å². The Labute approximate surface area is 198 Å². The van der Waals surface area contributed by atoms with Crippen LogP contribution in [0.5, 0.6) is 0 Å². The van der Waals surface area contributed by atoms with Crippen LogP contribution in [0.25, 0.3) is 0 Å². The molecule has 1 aliphatic heterocycles. The maximum atomic E-state index is 13.4. The van der Waals surface area contributed by atoms with Crippen LogP contribution < -0.4 is 0 Å². The summed E-state index contributed by atoms with van der Waals surface area (Å²) in [5, 5.41) is 0. The highest BCUT2D eigenvalue weighted by atomic mass is 19.2. The van der Waals surface area contributed by atoms with E-state index in [1.165, 1.54) is 63.5 Å². The van der Waals surface area contributed by atoms with Crippen molar-refractivity contribution >= 4 is 0 Å². The first kappa shape index (κ1) is 25.1. The van der Waals surface area contributed by atoms with E-state index in [-0.39, 0.29) is 6.29 Å². The van der Waals surface area contributed by atoms with E-state index in [9.17, 15) is 8.78 Å². The molecule has 0 N–H and O–H groups in total. The first-order valence-corrected chi connectivity index (χ1v) is 13.3. The van der Waals surface area contributed by atoms with Gasteiger partial charge in [-0.05, 0) is 99.7 Å². The van der Waals surface area contributed by atoms with Crippen molar-refractivity contribution in [2.24, 2.45) is 29.6 Å². The second kappa shape index (κ2) is 12.6. The minimum atomic E-state index is -0.752. The topological polar surface area (TPSA) is 27.7 Å². The van der Waals surface area contributed by atoms with Gasteiger partial charge in [0, 0.05) is 25.6 Å². The molecule has 0 unspecified atom stereocenters. The molecular formula is C28H42F2O3. The highest BCUT2D eigenvalue weighted by molar-refractivity contribution is 5.17. The van der Waals surface area contributed by atoms with Gasteiger partial charge in [0.05, 0.1) is 13.2 Å². The Bertz CT molecular complexity index is 703. The summed E-state index contributed by atoms with van der Waals surface area (Å²) in [4.78, 5) is 0. The Morgan fingerprint density at radius 3 is 2.06 bits per heavy atom. The average molecular weight is 465 g/mol. The average Bonchev–Trinajstić information content (AvgIpc) is 2.86. The van der Waals surface area contributed by atoms with Crippen molar-refractivity contribution in [3.05, 3.63) is 35.4 Å². The molecule has 2 saturated carbocycles. The summed E-state index contributed by atoms with van der Waals surface area (Å²) in [5.41, 5.74) is 0.919. The van der Waals surface area contributed by atoms with Crippen molar-refractivity contribution in [1.82, 2.24) is 0 Å². The highest BCUT2D eigenvalue weighted by Gasteiger charge is 2.35. The Hall–Kier alpha value is -1.04. The zero-order valence-corrected chi connectivity index (χ0v) is 20.3. The second-order valence-corrected chi connectivity index (χ2v) is 10.8. The van der Waals surface area contributed by atoms with Crippen molar-refractivity contribution in [2.75, 3.05) is 26.9 Å². The number of aryl methyl sites for hydroxylation is 1. The molecule has 0 radical (unpaired) electrons. The lowest BCUT2D eigenvalue weighted by Crippen LogP contribution is -2.39. The number of halogens is 2. The third-order valence-electron chi connectivity index (χ3n) is 8.54. The normalized spacial score (nSPS) is 33.2. The van der Waals surface area contributed by atoms with E-state index in [4.69, 9.17) is 14.2 Å². The lowest BCUT2D eigenvalue weighted by Gasteiger charge is -2.41. The van der Waals surface area contributed by atoms with E-state index in [2.05, 4.69) is 0 Å². The predicted molar refractivity (Wildman–Crippen MR) is 126 cm³/mol. The molecule has 0 atom stereocenters. The van der Waals surface area contributed by atoms with Gasteiger partial charge in [0.2, 0.25) is 0 Å². The molecule has 2 aliphatic carbocycles. The number of hydrogen-bond acceptors (Lipinski definition) is 3. The van der Waals surface area contributed by atoms with Crippen molar-refractivity contribution in [3.63, 3.8) is 0 Å². The summed E-state index contributed by atoms with van der Waals surface area (Å²) in [6, 6.07) is 4.34. The second-order valence-electron chi connectivity index (χ2n) is 10.8. The van der Waals surface area contributed by atoms with Crippen LogP contribution in [0.4, 0.5) is 8.78 Å². The van der Waals surface area contributed by atoms with E-state index in [0.29, 0.717) is 11.8 Å². The van der Waals surface area contributed by atoms with Crippen LogP contribution >= 0.6 is 0 Å². The van der Waals surface area contributed by atoms with E-state index < -0.39 is 11.6 Å². The molecule has 3 aliphatic rings. The molecule has 5 heteroatoms. The molecule has 1 aromatic rings. The van der Waals surface area contributed by atoms with Crippen molar-refractivity contribution in [2.45, 2.75) is 83.3 Å². The fourth-order valence-electron chi connectivity index (χ4n) is 6.42. The summed E-state index contributed by atoms with van der Waals surface area (Å²) in [5.74, 6) is 2.06. The first-order chi connectivity index (χ1) is 16.1. The van der Waals surface area contributed by atoms with Gasteiger partial charge in [0.25, 0.3) is 0 Å². The minimum absolute atomic E-state index is 0.0108. The van der Waals surface area contributed by atoms with Crippen molar-refractivity contribution in [3.8, 4) is 0 Å². The quantitative estimate of drug-likeness (QED) is 0.371. The van der Waals surface area contributed by atoms with Crippen LogP contribution in [0.2, 0.25) is 0 Å². The monoisotopic (exact) mass is 464 g/mol. The summed E-state index contributed by atoms with van der Waals surface area (Å²) in [7, 11) is 1.76. The molecule has 4 rings (SSSR count). The van der Waals surface area contributed by atoms with E-state index in [1.807, 2.05) is 0 Å². The smallest absolute Gasteiger partial charge is 0.160 e. The molecule has 0 bridgehead atoms. The van der Waals surface area contributed by atoms with Gasteiger partial charge >= 0.3 is 0 Å². The minimum Gasteiger partial charge on any atom is -0.385 e. The first-order valence-electron chi connectivity index (χ1n) is 13.3. The molecule has 186 valence electrons. The summed E-state index contributed by atoms with van der Waals surface area (Å²) in [6.45, 7) is 2.49. The fraction of sp³-hybridized carbons (Fsp3) is 0.786. The van der Waals surface area contributed by atoms with Crippen LogP contribution in [-0.2, 0) is 20.6 Å². The van der Waals surface area contributed by atoms with Gasteiger partial charge in [0.15, 0.2) is 17.9 Å². The van der Waals surface area contributed by atoms with Gasteiger partial charge in [-0.3, -0.25) is 0 Å². The van der Waals surface area contributed by atoms with Crippen molar-refractivity contribution in [1.29, 1.82) is 0 Å².